The van der Waals surface area contributed by atoms with Crippen LogP contribution in [-0.2, 0) is 11.3 Å². The topological polar surface area (TPSA) is 46.9 Å². The summed E-state index contributed by atoms with van der Waals surface area (Å²) >= 11 is 0. The van der Waals surface area contributed by atoms with E-state index in [1.165, 1.54) is 6.92 Å². The highest BCUT2D eigenvalue weighted by Crippen LogP contribution is 2.09. The second kappa shape index (κ2) is 4.61. The molecule has 1 heterocycles. The smallest absolute Gasteiger partial charge is 0.217 e. The molecule has 1 aromatic carbocycles. The zero-order chi connectivity index (χ0) is 11.4. The summed E-state index contributed by atoms with van der Waals surface area (Å²) in [6, 6.07) is 9.78. The number of aromatic nitrogens is 2. The zero-order valence-corrected chi connectivity index (χ0v) is 9.05. The molecule has 0 aliphatic carbocycles. The van der Waals surface area contributed by atoms with Crippen LogP contribution in [0.5, 0.6) is 0 Å². The molecule has 1 N–H and O–H groups in total. The second-order valence-corrected chi connectivity index (χ2v) is 3.53. The first-order valence-electron chi connectivity index (χ1n) is 5.09. The molecule has 2 rings (SSSR count). The van der Waals surface area contributed by atoms with Crippen molar-refractivity contribution in [2.24, 2.45) is 0 Å². The van der Waals surface area contributed by atoms with Crippen LogP contribution in [0.4, 0.5) is 0 Å². The van der Waals surface area contributed by atoms with Crippen LogP contribution >= 0.6 is 0 Å². The summed E-state index contributed by atoms with van der Waals surface area (Å²) in [5.74, 6) is -0.0236. The first kappa shape index (κ1) is 10.4. The monoisotopic (exact) mass is 215 g/mol. The predicted octanol–water partition coefficient (Wildman–Crippen LogP) is 1.51. The summed E-state index contributed by atoms with van der Waals surface area (Å²) in [4.78, 5) is 10.8. The Balaban J connectivity index is 2.17. The van der Waals surface area contributed by atoms with Crippen molar-refractivity contribution in [1.82, 2.24) is 15.1 Å². The molecule has 4 heteroatoms. The minimum atomic E-state index is -0.0236. The largest absolute Gasteiger partial charge is 0.352 e. The molecule has 0 radical (unpaired) electrons. The molecule has 1 aromatic heterocycles. The van der Waals surface area contributed by atoms with Gasteiger partial charge in [0.2, 0.25) is 5.91 Å². The number of carbonyl (C=O) groups excluding carboxylic acids is 1. The van der Waals surface area contributed by atoms with E-state index in [-0.39, 0.29) is 5.91 Å². The van der Waals surface area contributed by atoms with Crippen LogP contribution < -0.4 is 5.32 Å². The molecule has 16 heavy (non-hydrogen) atoms. The van der Waals surface area contributed by atoms with Gasteiger partial charge in [-0.3, -0.25) is 4.79 Å². The van der Waals surface area contributed by atoms with Gasteiger partial charge in [-0.15, -0.1) is 0 Å². The Morgan fingerprint density at radius 3 is 3.00 bits per heavy atom. The van der Waals surface area contributed by atoms with E-state index in [0.29, 0.717) is 6.54 Å². The van der Waals surface area contributed by atoms with Gasteiger partial charge in [0.1, 0.15) is 0 Å². The molecule has 0 atom stereocenters. The highest BCUT2D eigenvalue weighted by molar-refractivity contribution is 5.72. The minimum Gasteiger partial charge on any atom is -0.352 e. The molecule has 0 unspecified atom stereocenters. The van der Waals surface area contributed by atoms with Crippen LogP contribution in [-0.4, -0.2) is 15.7 Å². The maximum absolute atomic E-state index is 10.8. The van der Waals surface area contributed by atoms with Gasteiger partial charge < -0.3 is 5.32 Å². The third kappa shape index (κ3) is 2.48. The van der Waals surface area contributed by atoms with E-state index < -0.39 is 0 Å². The van der Waals surface area contributed by atoms with Gasteiger partial charge in [0.05, 0.1) is 5.69 Å². The van der Waals surface area contributed by atoms with Crippen LogP contribution in [0.25, 0.3) is 5.69 Å². The van der Waals surface area contributed by atoms with Gasteiger partial charge >= 0.3 is 0 Å². The number of nitrogens with zero attached hydrogens (tertiary/aromatic N) is 2. The predicted molar refractivity (Wildman–Crippen MR) is 61.1 cm³/mol. The number of carbonyl (C=O) groups is 1. The van der Waals surface area contributed by atoms with Crippen LogP contribution in [0.2, 0.25) is 0 Å². The summed E-state index contributed by atoms with van der Waals surface area (Å²) in [6.07, 6.45) is 3.62. The molecular formula is C12H13N3O. The zero-order valence-electron chi connectivity index (χ0n) is 9.05. The Bertz CT molecular complexity index is 477. The highest BCUT2D eigenvalue weighted by Gasteiger charge is 1.99. The Morgan fingerprint density at radius 1 is 1.44 bits per heavy atom. The average molecular weight is 215 g/mol. The van der Waals surface area contributed by atoms with Crippen LogP contribution in [0.15, 0.2) is 42.7 Å². The first-order valence-corrected chi connectivity index (χ1v) is 5.09. The van der Waals surface area contributed by atoms with E-state index in [2.05, 4.69) is 10.4 Å². The number of amides is 1. The molecule has 4 nitrogen and oxygen atoms in total. The molecule has 2 aromatic rings. The third-order valence-corrected chi connectivity index (χ3v) is 2.22. The Hall–Kier alpha value is -2.10. The average Bonchev–Trinajstić information content (AvgIpc) is 2.80. The highest BCUT2D eigenvalue weighted by atomic mass is 16.1. The van der Waals surface area contributed by atoms with Gasteiger partial charge in [-0.2, -0.15) is 5.10 Å². The molecule has 0 spiro atoms. The van der Waals surface area contributed by atoms with Crippen LogP contribution in [0.3, 0.4) is 0 Å². The molecule has 0 bridgehead atoms. The van der Waals surface area contributed by atoms with E-state index in [4.69, 9.17) is 0 Å². The fourth-order valence-corrected chi connectivity index (χ4v) is 1.46. The molecule has 0 fully saturated rings. The maximum atomic E-state index is 10.8. The van der Waals surface area contributed by atoms with Gasteiger partial charge in [0, 0.05) is 25.9 Å². The lowest BCUT2D eigenvalue weighted by Crippen LogP contribution is -2.18. The molecule has 0 aliphatic heterocycles. The summed E-state index contributed by atoms with van der Waals surface area (Å²) in [7, 11) is 0. The van der Waals surface area contributed by atoms with Crippen molar-refractivity contribution in [1.29, 1.82) is 0 Å². The minimum absolute atomic E-state index is 0.0236. The van der Waals surface area contributed by atoms with Gasteiger partial charge in [-0.1, -0.05) is 12.1 Å². The molecule has 0 saturated carbocycles. The van der Waals surface area contributed by atoms with E-state index >= 15 is 0 Å². The van der Waals surface area contributed by atoms with Crippen LogP contribution in [0.1, 0.15) is 12.5 Å². The van der Waals surface area contributed by atoms with Gasteiger partial charge in [-0.25, -0.2) is 4.68 Å². The SMILES string of the molecule is CC(=O)NCc1cccc(-n2cccn2)c1. The van der Waals surface area contributed by atoms with Crippen molar-refractivity contribution < 1.29 is 4.79 Å². The fourth-order valence-electron chi connectivity index (χ4n) is 1.46. The Kier molecular flexibility index (Phi) is 3.00. The molecule has 0 saturated heterocycles. The normalized spacial score (nSPS) is 10.1. The maximum Gasteiger partial charge on any atom is 0.217 e. The van der Waals surface area contributed by atoms with Crippen molar-refractivity contribution in [3.8, 4) is 5.69 Å². The summed E-state index contributed by atoms with van der Waals surface area (Å²) in [5.41, 5.74) is 2.05. The van der Waals surface area contributed by atoms with Crippen molar-refractivity contribution in [3.63, 3.8) is 0 Å². The fraction of sp³-hybridized carbons (Fsp3) is 0.167. The van der Waals surface area contributed by atoms with E-state index in [0.717, 1.165) is 11.3 Å². The lowest BCUT2D eigenvalue weighted by atomic mass is 10.2. The lowest BCUT2D eigenvalue weighted by molar-refractivity contribution is -0.119. The van der Waals surface area contributed by atoms with Crippen molar-refractivity contribution in [2.75, 3.05) is 0 Å². The van der Waals surface area contributed by atoms with Gasteiger partial charge in [0.25, 0.3) is 0 Å². The standard InChI is InChI=1S/C12H13N3O/c1-10(16)13-9-11-4-2-5-12(8-11)15-7-3-6-14-15/h2-8H,9H2,1H3,(H,13,16). The van der Waals surface area contributed by atoms with Crippen molar-refractivity contribution in [3.05, 3.63) is 48.3 Å². The number of benzene rings is 1. The lowest BCUT2D eigenvalue weighted by Gasteiger charge is -2.05. The molecule has 82 valence electrons. The quantitative estimate of drug-likeness (QED) is 0.843. The summed E-state index contributed by atoms with van der Waals surface area (Å²) < 4.78 is 1.79. The summed E-state index contributed by atoms with van der Waals surface area (Å²) in [5, 5.41) is 6.92. The molecular weight excluding hydrogens is 202 g/mol. The Morgan fingerprint density at radius 2 is 2.31 bits per heavy atom. The first-order chi connectivity index (χ1) is 7.75. The number of nitrogens with one attached hydrogen (secondary N) is 1. The number of hydrogen-bond donors (Lipinski definition) is 1. The second-order valence-electron chi connectivity index (χ2n) is 3.53. The molecule has 1 amide bonds. The van der Waals surface area contributed by atoms with E-state index in [1.54, 1.807) is 10.9 Å². The third-order valence-electron chi connectivity index (χ3n) is 2.22. The van der Waals surface area contributed by atoms with Gasteiger partial charge in [0.15, 0.2) is 0 Å². The number of rotatable bonds is 3. The number of hydrogen-bond acceptors (Lipinski definition) is 2. The molecule has 0 aliphatic rings. The van der Waals surface area contributed by atoms with E-state index in [9.17, 15) is 4.79 Å². The summed E-state index contributed by atoms with van der Waals surface area (Å²) in [6.45, 7) is 2.06. The van der Waals surface area contributed by atoms with Crippen molar-refractivity contribution >= 4 is 5.91 Å². The van der Waals surface area contributed by atoms with Crippen molar-refractivity contribution in [2.45, 2.75) is 13.5 Å². The van der Waals surface area contributed by atoms with E-state index in [1.807, 2.05) is 36.5 Å². The van der Waals surface area contributed by atoms with Gasteiger partial charge in [-0.05, 0) is 23.8 Å². The Labute approximate surface area is 93.9 Å². The van der Waals surface area contributed by atoms with Crippen LogP contribution in [0, 0.1) is 0 Å².